The number of halogens is 3. The topological polar surface area (TPSA) is 65.3 Å². The van der Waals surface area contributed by atoms with Crippen LogP contribution in [0.3, 0.4) is 0 Å². The van der Waals surface area contributed by atoms with Crippen molar-refractivity contribution in [3.8, 4) is 5.75 Å². The summed E-state index contributed by atoms with van der Waals surface area (Å²) in [5, 5.41) is 10.7. The van der Waals surface area contributed by atoms with Crippen molar-refractivity contribution in [1.29, 1.82) is 0 Å². The van der Waals surface area contributed by atoms with Crippen molar-refractivity contribution in [3.63, 3.8) is 0 Å². The van der Waals surface area contributed by atoms with Crippen LogP contribution in [0.5, 0.6) is 5.75 Å². The fourth-order valence-electron chi connectivity index (χ4n) is 1.40. The van der Waals surface area contributed by atoms with Crippen molar-refractivity contribution in [2.24, 2.45) is 0 Å². The van der Waals surface area contributed by atoms with Crippen molar-refractivity contribution in [2.45, 2.75) is 6.36 Å². The highest BCUT2D eigenvalue weighted by Crippen LogP contribution is 2.27. The lowest BCUT2D eigenvalue weighted by molar-refractivity contribution is -0.385. The maximum atomic E-state index is 12.0. The highest BCUT2D eigenvalue weighted by molar-refractivity contribution is 5.81. The Morgan fingerprint density at radius 1 is 1.28 bits per heavy atom. The largest absolute Gasteiger partial charge is 0.573 e. The molecule has 1 heterocycles. The van der Waals surface area contributed by atoms with E-state index in [9.17, 15) is 23.3 Å². The molecule has 0 saturated heterocycles. The number of hydrogen-bond acceptors (Lipinski definition) is 4. The predicted molar refractivity (Wildman–Crippen MR) is 55.1 cm³/mol. The summed E-state index contributed by atoms with van der Waals surface area (Å²) < 4.78 is 39.7. The molecule has 0 atom stereocenters. The minimum absolute atomic E-state index is 0.200. The lowest BCUT2D eigenvalue weighted by Gasteiger charge is -2.08. The first-order chi connectivity index (χ1) is 8.35. The number of aromatic nitrogens is 1. The van der Waals surface area contributed by atoms with Crippen molar-refractivity contribution in [2.75, 3.05) is 0 Å². The van der Waals surface area contributed by atoms with E-state index in [0.29, 0.717) is 5.52 Å². The number of benzene rings is 1. The summed E-state index contributed by atoms with van der Waals surface area (Å²) >= 11 is 0. The lowest BCUT2D eigenvalue weighted by atomic mass is 10.2. The van der Waals surface area contributed by atoms with Gasteiger partial charge in [-0.15, -0.1) is 13.2 Å². The molecule has 0 aliphatic heterocycles. The van der Waals surface area contributed by atoms with Crippen LogP contribution in [0, 0.1) is 10.1 Å². The summed E-state index contributed by atoms with van der Waals surface area (Å²) in [4.78, 5) is 13.6. The molecule has 0 aliphatic rings. The zero-order chi connectivity index (χ0) is 13.3. The van der Waals surface area contributed by atoms with Gasteiger partial charge in [-0.1, -0.05) is 0 Å². The molecule has 8 heteroatoms. The molecule has 5 nitrogen and oxygen atoms in total. The molecule has 0 bridgehead atoms. The van der Waals surface area contributed by atoms with Crippen LogP contribution in [0.25, 0.3) is 10.9 Å². The van der Waals surface area contributed by atoms with Crippen LogP contribution >= 0.6 is 0 Å². The SMILES string of the molecule is O=[N+]([O-])c1cnc2ccc(OC(F)(F)F)cc2c1. The molecule has 0 N–H and O–H groups in total. The van der Waals surface area contributed by atoms with E-state index in [-0.39, 0.29) is 11.1 Å². The summed E-state index contributed by atoms with van der Waals surface area (Å²) in [7, 11) is 0. The molecule has 2 rings (SSSR count). The number of nitrogens with zero attached hydrogens (tertiary/aromatic N) is 2. The van der Waals surface area contributed by atoms with E-state index in [2.05, 4.69) is 9.72 Å². The first kappa shape index (κ1) is 12.1. The molecule has 0 aliphatic carbocycles. The maximum absolute atomic E-state index is 12.0. The molecule has 94 valence electrons. The molecule has 2 aromatic rings. The molecule has 18 heavy (non-hydrogen) atoms. The van der Waals surface area contributed by atoms with Gasteiger partial charge in [0, 0.05) is 11.5 Å². The van der Waals surface area contributed by atoms with Crippen LogP contribution in [0.2, 0.25) is 0 Å². The third-order valence-corrected chi connectivity index (χ3v) is 2.08. The van der Waals surface area contributed by atoms with E-state index >= 15 is 0 Å². The van der Waals surface area contributed by atoms with Gasteiger partial charge in [0.1, 0.15) is 11.9 Å². The maximum Gasteiger partial charge on any atom is 0.573 e. The van der Waals surface area contributed by atoms with Gasteiger partial charge in [-0.3, -0.25) is 10.1 Å². The molecule has 1 aromatic heterocycles. The summed E-state index contributed by atoms with van der Waals surface area (Å²) in [5.41, 5.74) is 0.0433. The van der Waals surface area contributed by atoms with Crippen molar-refractivity contribution in [3.05, 3.63) is 40.6 Å². The fourth-order valence-corrected chi connectivity index (χ4v) is 1.40. The van der Waals surface area contributed by atoms with Gasteiger partial charge in [-0.2, -0.15) is 0 Å². The van der Waals surface area contributed by atoms with Gasteiger partial charge in [-0.05, 0) is 18.2 Å². The molecule has 0 saturated carbocycles. The Kier molecular flexibility index (Phi) is 2.77. The van der Waals surface area contributed by atoms with Crippen LogP contribution in [0.1, 0.15) is 0 Å². The minimum atomic E-state index is -4.80. The third-order valence-electron chi connectivity index (χ3n) is 2.08. The standard InChI is InChI=1S/C10H5F3N2O3/c11-10(12,13)18-8-1-2-9-6(4-8)3-7(5-14-9)15(16)17/h1-5H. The Morgan fingerprint density at radius 3 is 2.61 bits per heavy atom. The quantitative estimate of drug-likeness (QED) is 0.613. The van der Waals surface area contributed by atoms with E-state index in [1.165, 1.54) is 6.07 Å². The number of alkyl halides is 3. The third kappa shape index (κ3) is 2.65. The molecule has 0 fully saturated rings. The monoisotopic (exact) mass is 258 g/mol. The Balaban J connectivity index is 2.45. The van der Waals surface area contributed by atoms with Gasteiger partial charge >= 0.3 is 6.36 Å². The van der Waals surface area contributed by atoms with Crippen LogP contribution in [-0.4, -0.2) is 16.3 Å². The number of rotatable bonds is 2. The fraction of sp³-hybridized carbons (Fsp3) is 0.100. The average molecular weight is 258 g/mol. The van der Waals surface area contributed by atoms with Crippen molar-refractivity contribution in [1.82, 2.24) is 4.98 Å². The number of pyridine rings is 1. The molecule has 1 aromatic carbocycles. The van der Waals surface area contributed by atoms with Crippen molar-refractivity contribution >= 4 is 16.6 Å². The zero-order valence-electron chi connectivity index (χ0n) is 8.64. The molecule has 0 radical (unpaired) electrons. The summed E-state index contributed by atoms with van der Waals surface area (Å²) in [5.74, 6) is -0.447. The number of hydrogen-bond donors (Lipinski definition) is 0. The smallest absolute Gasteiger partial charge is 0.406 e. The lowest BCUT2D eigenvalue weighted by Crippen LogP contribution is -2.17. The van der Waals surface area contributed by atoms with Gasteiger partial charge in [0.25, 0.3) is 5.69 Å². The number of nitro groups is 1. The van der Waals surface area contributed by atoms with E-state index in [0.717, 1.165) is 24.4 Å². The van der Waals surface area contributed by atoms with Crippen LogP contribution < -0.4 is 4.74 Å². The van der Waals surface area contributed by atoms with Gasteiger partial charge in [0.15, 0.2) is 0 Å². The summed E-state index contributed by atoms with van der Waals surface area (Å²) in [6.07, 6.45) is -3.77. The Hall–Kier alpha value is -2.38. The normalized spacial score (nSPS) is 11.5. The van der Waals surface area contributed by atoms with Gasteiger partial charge in [0.2, 0.25) is 0 Å². The Labute approximate surface area is 98.0 Å². The van der Waals surface area contributed by atoms with Crippen LogP contribution in [0.4, 0.5) is 18.9 Å². The second-order valence-electron chi connectivity index (χ2n) is 3.35. The van der Waals surface area contributed by atoms with E-state index in [1.54, 1.807) is 0 Å². The highest BCUT2D eigenvalue weighted by atomic mass is 19.4. The average Bonchev–Trinajstić information content (AvgIpc) is 2.25. The molecule has 0 amide bonds. The van der Waals surface area contributed by atoms with E-state index in [4.69, 9.17) is 0 Å². The molecular weight excluding hydrogens is 253 g/mol. The minimum Gasteiger partial charge on any atom is -0.406 e. The van der Waals surface area contributed by atoms with Gasteiger partial charge in [-0.25, -0.2) is 4.98 Å². The summed E-state index contributed by atoms with van der Waals surface area (Å²) in [6.45, 7) is 0. The predicted octanol–water partition coefficient (Wildman–Crippen LogP) is 3.04. The number of ether oxygens (including phenoxy) is 1. The zero-order valence-corrected chi connectivity index (χ0v) is 8.64. The van der Waals surface area contributed by atoms with E-state index in [1.807, 2.05) is 0 Å². The van der Waals surface area contributed by atoms with Crippen LogP contribution in [0.15, 0.2) is 30.5 Å². The van der Waals surface area contributed by atoms with E-state index < -0.39 is 17.0 Å². The van der Waals surface area contributed by atoms with Gasteiger partial charge < -0.3 is 4.74 Å². The van der Waals surface area contributed by atoms with Crippen LogP contribution in [-0.2, 0) is 0 Å². The van der Waals surface area contributed by atoms with Crippen molar-refractivity contribution < 1.29 is 22.8 Å². The first-order valence-corrected chi connectivity index (χ1v) is 4.65. The van der Waals surface area contributed by atoms with Gasteiger partial charge in [0.05, 0.1) is 10.4 Å². The first-order valence-electron chi connectivity index (χ1n) is 4.65. The molecule has 0 spiro atoms. The molecular formula is C10H5F3N2O3. The highest BCUT2D eigenvalue weighted by Gasteiger charge is 2.31. The second kappa shape index (κ2) is 4.13. The Morgan fingerprint density at radius 2 is 2.00 bits per heavy atom. The Bertz CT molecular complexity index is 613. The second-order valence-corrected chi connectivity index (χ2v) is 3.35. The number of fused-ring (bicyclic) bond motifs is 1. The molecule has 0 unspecified atom stereocenters. The summed E-state index contributed by atoms with van der Waals surface area (Å²) in [6, 6.07) is 4.56.